The van der Waals surface area contributed by atoms with Gasteiger partial charge in [-0.2, -0.15) is 13.8 Å². The average molecular weight is 482 g/mol. The molecule has 0 bridgehead atoms. The first-order valence-electron chi connectivity index (χ1n) is 10.4. The van der Waals surface area contributed by atoms with E-state index in [1.165, 1.54) is 6.07 Å². The molecule has 14 heteroatoms. The van der Waals surface area contributed by atoms with Crippen molar-refractivity contribution in [1.82, 2.24) is 14.6 Å². The van der Waals surface area contributed by atoms with E-state index in [1.54, 1.807) is 6.92 Å². The molecule has 0 aromatic carbocycles. The number of anilines is 1. The van der Waals surface area contributed by atoms with Crippen molar-refractivity contribution < 1.29 is 36.6 Å². The Bertz CT molecular complexity index is 881. The maximum absolute atomic E-state index is 15.2. The molecule has 1 aromatic rings. The van der Waals surface area contributed by atoms with E-state index in [9.17, 15) is 9.36 Å². The maximum atomic E-state index is 15.2. The van der Waals surface area contributed by atoms with Crippen molar-refractivity contribution in [2.75, 3.05) is 25.6 Å². The Hall–Kier alpha value is -1.47. The van der Waals surface area contributed by atoms with Crippen LogP contribution in [0.1, 0.15) is 39.8 Å². The molecule has 2 fully saturated rings. The van der Waals surface area contributed by atoms with Crippen molar-refractivity contribution in [2.24, 2.45) is 0 Å². The van der Waals surface area contributed by atoms with Gasteiger partial charge in [0.05, 0.1) is 12.6 Å². The second-order valence-electron chi connectivity index (χ2n) is 7.59. The Labute approximate surface area is 184 Å². The summed E-state index contributed by atoms with van der Waals surface area (Å²) < 4.78 is 71.1. The van der Waals surface area contributed by atoms with Crippen LogP contribution in [0.5, 0.6) is 0 Å². The van der Waals surface area contributed by atoms with Gasteiger partial charge < -0.3 is 19.9 Å². The standard InChI is InChI=1S/C18H29F2N4O7P/c1-4-8-27-15(28-9-5-2)11(3)23-32(26)29-10-12-14(31-32)18(19,20)16(30-12)24-7-6-13(21)22-17(24)25/h6-7,11-12,14-16H,4-5,8-10H2,1-3H3,(H,23,26)(H2,21,22,25)/t11-,12+,14+,16+,32?/m0/s1. The Kier molecular flexibility index (Phi) is 8.02. The lowest BCUT2D eigenvalue weighted by atomic mass is 10.1. The molecule has 0 aliphatic carbocycles. The SMILES string of the molecule is CCCOC(OCCC)[C@H](C)NP1(=O)OC[C@H]2O[C@@H](n3ccc(N)nc3=O)C(F)(F)[C@@H]2O1. The highest BCUT2D eigenvalue weighted by molar-refractivity contribution is 7.51. The van der Waals surface area contributed by atoms with Crippen molar-refractivity contribution >= 4 is 13.6 Å². The molecule has 3 heterocycles. The number of halogens is 2. The van der Waals surface area contributed by atoms with Crippen LogP contribution in [-0.4, -0.2) is 59.8 Å². The monoisotopic (exact) mass is 482 g/mol. The van der Waals surface area contributed by atoms with Crippen LogP contribution in [0.2, 0.25) is 0 Å². The number of nitrogen functional groups attached to an aromatic ring is 1. The van der Waals surface area contributed by atoms with Gasteiger partial charge in [-0.1, -0.05) is 13.8 Å². The van der Waals surface area contributed by atoms with Crippen LogP contribution in [0, 0.1) is 0 Å². The molecule has 0 spiro atoms. The molecular formula is C18H29F2N4O7P. The fourth-order valence-corrected chi connectivity index (χ4v) is 5.11. The Morgan fingerprint density at radius 2 is 2.03 bits per heavy atom. The number of alkyl halides is 2. The number of aromatic nitrogens is 2. The number of ether oxygens (including phenoxy) is 3. The maximum Gasteiger partial charge on any atom is 0.406 e. The van der Waals surface area contributed by atoms with E-state index < -0.39 is 56.7 Å². The molecule has 2 saturated heterocycles. The quantitative estimate of drug-likeness (QED) is 0.377. The summed E-state index contributed by atoms with van der Waals surface area (Å²) in [5, 5.41) is 2.61. The lowest BCUT2D eigenvalue weighted by Gasteiger charge is -2.35. The highest BCUT2D eigenvalue weighted by atomic mass is 31.2. The van der Waals surface area contributed by atoms with Gasteiger partial charge >= 0.3 is 19.4 Å². The first-order chi connectivity index (χ1) is 15.1. The lowest BCUT2D eigenvalue weighted by molar-refractivity contribution is -0.156. The molecular weight excluding hydrogens is 453 g/mol. The number of nitrogens with two attached hydrogens (primary N) is 1. The fraction of sp³-hybridized carbons (Fsp3) is 0.778. The number of fused-ring (bicyclic) bond motifs is 1. The van der Waals surface area contributed by atoms with Gasteiger partial charge in [0.2, 0.25) is 6.23 Å². The van der Waals surface area contributed by atoms with Gasteiger partial charge in [-0.05, 0) is 25.8 Å². The molecule has 182 valence electrons. The first kappa shape index (κ1) is 25.2. The van der Waals surface area contributed by atoms with E-state index in [-0.39, 0.29) is 5.82 Å². The summed E-state index contributed by atoms with van der Waals surface area (Å²) in [6, 6.07) is 0.507. The Morgan fingerprint density at radius 3 is 2.62 bits per heavy atom. The third-order valence-electron chi connectivity index (χ3n) is 4.86. The van der Waals surface area contributed by atoms with Crippen molar-refractivity contribution in [3.8, 4) is 0 Å². The summed E-state index contributed by atoms with van der Waals surface area (Å²) >= 11 is 0. The van der Waals surface area contributed by atoms with Crippen LogP contribution in [0.25, 0.3) is 0 Å². The normalized spacial score (nSPS) is 30.4. The van der Waals surface area contributed by atoms with Crippen LogP contribution in [0.4, 0.5) is 14.6 Å². The van der Waals surface area contributed by atoms with Crippen molar-refractivity contribution in [2.45, 2.75) is 70.3 Å². The molecule has 0 amide bonds. The summed E-state index contributed by atoms with van der Waals surface area (Å²) in [6.07, 6.45) is -3.43. The summed E-state index contributed by atoms with van der Waals surface area (Å²) in [5.74, 6) is -3.81. The van der Waals surface area contributed by atoms with Crippen molar-refractivity contribution in [3.05, 3.63) is 22.7 Å². The van der Waals surface area contributed by atoms with Crippen LogP contribution >= 0.6 is 7.75 Å². The summed E-state index contributed by atoms with van der Waals surface area (Å²) in [6.45, 7) is 5.83. The van der Waals surface area contributed by atoms with Crippen LogP contribution in [0.3, 0.4) is 0 Å². The van der Waals surface area contributed by atoms with Gasteiger partial charge in [0.1, 0.15) is 11.9 Å². The highest BCUT2D eigenvalue weighted by Gasteiger charge is 2.65. The largest absolute Gasteiger partial charge is 0.406 e. The van der Waals surface area contributed by atoms with Gasteiger partial charge in [0.25, 0.3) is 0 Å². The van der Waals surface area contributed by atoms with E-state index in [2.05, 4.69) is 10.1 Å². The summed E-state index contributed by atoms with van der Waals surface area (Å²) in [4.78, 5) is 15.5. The zero-order chi connectivity index (χ0) is 23.5. The highest BCUT2D eigenvalue weighted by Crippen LogP contribution is 2.57. The summed E-state index contributed by atoms with van der Waals surface area (Å²) in [7, 11) is -4.17. The molecule has 2 aliphatic heterocycles. The Balaban J connectivity index is 1.74. The molecule has 1 unspecified atom stereocenters. The zero-order valence-electron chi connectivity index (χ0n) is 18.1. The number of rotatable bonds is 10. The fourth-order valence-electron chi connectivity index (χ4n) is 3.37. The predicted octanol–water partition coefficient (Wildman–Crippen LogP) is 2.04. The minimum atomic E-state index is -4.17. The van der Waals surface area contributed by atoms with E-state index in [1.807, 2.05) is 13.8 Å². The third-order valence-corrected chi connectivity index (χ3v) is 6.57. The third kappa shape index (κ3) is 5.36. The number of hydrogen-bond acceptors (Lipinski definition) is 9. The van der Waals surface area contributed by atoms with Crippen molar-refractivity contribution in [1.29, 1.82) is 0 Å². The van der Waals surface area contributed by atoms with E-state index in [4.69, 9.17) is 29.0 Å². The molecule has 2 aliphatic rings. The molecule has 1 aromatic heterocycles. The minimum Gasteiger partial charge on any atom is -0.383 e. The smallest absolute Gasteiger partial charge is 0.383 e. The molecule has 0 radical (unpaired) electrons. The predicted molar refractivity (Wildman–Crippen MR) is 109 cm³/mol. The van der Waals surface area contributed by atoms with Gasteiger partial charge in [-0.15, -0.1) is 0 Å². The number of hydrogen-bond donors (Lipinski definition) is 2. The van der Waals surface area contributed by atoms with Gasteiger partial charge in [0.15, 0.2) is 12.4 Å². The zero-order valence-corrected chi connectivity index (χ0v) is 19.0. The molecule has 0 saturated carbocycles. The second kappa shape index (κ2) is 10.2. The van der Waals surface area contributed by atoms with Crippen LogP contribution in [0.15, 0.2) is 17.1 Å². The minimum absolute atomic E-state index is 0.114. The van der Waals surface area contributed by atoms with E-state index >= 15 is 8.78 Å². The van der Waals surface area contributed by atoms with Crippen LogP contribution in [-0.2, 0) is 27.8 Å². The van der Waals surface area contributed by atoms with Crippen molar-refractivity contribution in [3.63, 3.8) is 0 Å². The lowest BCUT2D eigenvalue weighted by Crippen LogP contribution is -2.48. The van der Waals surface area contributed by atoms with Gasteiger partial charge in [0, 0.05) is 19.4 Å². The Morgan fingerprint density at radius 1 is 1.38 bits per heavy atom. The molecule has 3 rings (SSSR count). The summed E-state index contributed by atoms with van der Waals surface area (Å²) in [5.41, 5.74) is 4.41. The average Bonchev–Trinajstić information content (AvgIpc) is 2.98. The van der Waals surface area contributed by atoms with E-state index in [0.717, 1.165) is 19.0 Å². The molecule has 32 heavy (non-hydrogen) atoms. The van der Waals surface area contributed by atoms with Crippen LogP contribution < -0.4 is 16.5 Å². The number of nitrogens with zero attached hydrogens (tertiary/aromatic N) is 2. The van der Waals surface area contributed by atoms with Gasteiger partial charge in [-0.25, -0.2) is 14.4 Å². The first-order valence-corrected chi connectivity index (χ1v) is 12.0. The van der Waals surface area contributed by atoms with E-state index in [0.29, 0.717) is 17.8 Å². The topological polar surface area (TPSA) is 136 Å². The van der Waals surface area contributed by atoms with Gasteiger partial charge in [-0.3, -0.25) is 13.6 Å². The molecule has 5 atom stereocenters. The molecule has 11 nitrogen and oxygen atoms in total. The second-order valence-corrected chi connectivity index (χ2v) is 9.31. The number of nitrogens with one attached hydrogen (secondary N) is 1. The molecule has 3 N–H and O–H groups in total.